The van der Waals surface area contributed by atoms with Crippen LogP contribution in [0.3, 0.4) is 0 Å². The van der Waals surface area contributed by atoms with Gasteiger partial charge in [-0.25, -0.2) is 9.18 Å². The van der Waals surface area contributed by atoms with Crippen molar-refractivity contribution in [2.75, 3.05) is 38.1 Å². The topological polar surface area (TPSA) is 61.9 Å². The highest BCUT2D eigenvalue weighted by atomic mass is 19.1. The number of rotatable bonds is 5. The molecule has 1 saturated heterocycles. The molecule has 0 aliphatic carbocycles. The van der Waals surface area contributed by atoms with Crippen LogP contribution < -0.4 is 10.1 Å². The molecule has 28 heavy (non-hydrogen) atoms. The second-order valence-corrected chi connectivity index (χ2v) is 6.55. The third-order valence-corrected chi connectivity index (χ3v) is 4.72. The van der Waals surface area contributed by atoms with Crippen LogP contribution >= 0.6 is 0 Å². The van der Waals surface area contributed by atoms with Crippen molar-refractivity contribution in [1.82, 2.24) is 9.80 Å². The molecule has 148 valence electrons. The van der Waals surface area contributed by atoms with Crippen LogP contribution in [0.4, 0.5) is 14.9 Å². The van der Waals surface area contributed by atoms with Gasteiger partial charge in [0.15, 0.2) is 6.61 Å². The Balaban J connectivity index is 1.45. The minimum Gasteiger partial charge on any atom is -0.483 e. The Morgan fingerprint density at radius 2 is 1.64 bits per heavy atom. The van der Waals surface area contributed by atoms with Crippen molar-refractivity contribution in [3.63, 3.8) is 0 Å². The monoisotopic (exact) mass is 385 g/mol. The van der Waals surface area contributed by atoms with Gasteiger partial charge in [-0.3, -0.25) is 4.79 Å². The molecule has 0 bridgehead atoms. The van der Waals surface area contributed by atoms with Crippen LogP contribution in [0.25, 0.3) is 0 Å². The minimum absolute atomic E-state index is 0.0151. The van der Waals surface area contributed by atoms with Gasteiger partial charge >= 0.3 is 6.03 Å². The molecule has 1 fully saturated rings. The molecule has 1 aliphatic rings. The first-order valence-electron chi connectivity index (χ1n) is 9.37. The van der Waals surface area contributed by atoms with Crippen LogP contribution in [-0.4, -0.2) is 54.5 Å². The highest BCUT2D eigenvalue weighted by molar-refractivity contribution is 5.89. The summed E-state index contributed by atoms with van der Waals surface area (Å²) >= 11 is 0. The number of halogens is 1. The number of aryl methyl sites for hydroxylation is 1. The maximum absolute atomic E-state index is 12.9. The molecule has 3 amide bonds. The standard InChI is InChI=1S/C21H24FN3O3/c1-2-16-5-3-4-6-19(16)28-15-20(26)24-11-13-25(14-12-24)21(27)23-18-9-7-17(22)8-10-18/h3-10H,2,11-15H2,1H3,(H,23,27). The summed E-state index contributed by atoms with van der Waals surface area (Å²) in [6.45, 7) is 3.80. The van der Waals surface area contributed by atoms with Gasteiger partial charge < -0.3 is 19.9 Å². The van der Waals surface area contributed by atoms with E-state index < -0.39 is 0 Å². The summed E-state index contributed by atoms with van der Waals surface area (Å²) in [7, 11) is 0. The van der Waals surface area contributed by atoms with Gasteiger partial charge in [0.05, 0.1) is 0 Å². The number of carbonyl (C=O) groups excluding carboxylic acids is 2. The van der Waals surface area contributed by atoms with E-state index in [2.05, 4.69) is 5.32 Å². The number of nitrogens with zero attached hydrogens (tertiary/aromatic N) is 2. The molecule has 0 saturated carbocycles. The molecular formula is C21H24FN3O3. The van der Waals surface area contributed by atoms with Crippen molar-refractivity contribution < 1.29 is 18.7 Å². The van der Waals surface area contributed by atoms with Gasteiger partial charge in [-0.15, -0.1) is 0 Å². The summed E-state index contributed by atoms with van der Waals surface area (Å²) in [6.07, 6.45) is 0.839. The van der Waals surface area contributed by atoms with Crippen molar-refractivity contribution >= 4 is 17.6 Å². The van der Waals surface area contributed by atoms with Gasteiger partial charge in [0.25, 0.3) is 5.91 Å². The fourth-order valence-corrected chi connectivity index (χ4v) is 3.06. The van der Waals surface area contributed by atoms with Crippen LogP contribution in [0.15, 0.2) is 48.5 Å². The van der Waals surface area contributed by atoms with E-state index in [-0.39, 0.29) is 24.4 Å². The van der Waals surface area contributed by atoms with Crippen molar-refractivity contribution in [1.29, 1.82) is 0 Å². The third kappa shape index (κ3) is 5.00. The molecule has 7 heteroatoms. The van der Waals surface area contributed by atoms with Crippen LogP contribution in [0.2, 0.25) is 0 Å². The molecule has 0 spiro atoms. The van der Waals surface area contributed by atoms with E-state index in [1.165, 1.54) is 24.3 Å². The summed E-state index contributed by atoms with van der Waals surface area (Å²) in [5, 5.41) is 2.73. The number of piperazine rings is 1. The first kappa shape index (κ1) is 19.7. The molecule has 0 atom stereocenters. The third-order valence-electron chi connectivity index (χ3n) is 4.72. The van der Waals surface area contributed by atoms with Crippen molar-refractivity contribution in [3.8, 4) is 5.75 Å². The molecule has 1 heterocycles. The quantitative estimate of drug-likeness (QED) is 0.860. The zero-order valence-electron chi connectivity index (χ0n) is 15.9. The number of benzene rings is 2. The zero-order valence-corrected chi connectivity index (χ0v) is 15.9. The Morgan fingerprint density at radius 3 is 2.32 bits per heavy atom. The van der Waals surface area contributed by atoms with Gasteiger partial charge in [-0.2, -0.15) is 0 Å². The first-order valence-corrected chi connectivity index (χ1v) is 9.37. The number of carbonyl (C=O) groups is 2. The second-order valence-electron chi connectivity index (χ2n) is 6.55. The first-order chi connectivity index (χ1) is 13.6. The second kappa shape index (κ2) is 9.21. The largest absolute Gasteiger partial charge is 0.483 e. The van der Waals surface area contributed by atoms with Gasteiger partial charge in [0, 0.05) is 31.9 Å². The van der Waals surface area contributed by atoms with Crippen LogP contribution in [0.1, 0.15) is 12.5 Å². The lowest BCUT2D eigenvalue weighted by atomic mass is 10.1. The SMILES string of the molecule is CCc1ccccc1OCC(=O)N1CCN(C(=O)Nc2ccc(F)cc2)CC1. The molecule has 1 aliphatic heterocycles. The molecule has 0 unspecified atom stereocenters. The van der Waals surface area contributed by atoms with E-state index >= 15 is 0 Å². The van der Waals surface area contributed by atoms with Crippen LogP contribution in [-0.2, 0) is 11.2 Å². The summed E-state index contributed by atoms with van der Waals surface area (Å²) in [5.74, 6) is 0.286. The fourth-order valence-electron chi connectivity index (χ4n) is 3.06. The summed E-state index contributed by atoms with van der Waals surface area (Å²) in [5.41, 5.74) is 1.60. The Labute approximate surface area is 163 Å². The average molecular weight is 385 g/mol. The highest BCUT2D eigenvalue weighted by Gasteiger charge is 2.24. The van der Waals surface area contributed by atoms with Crippen LogP contribution in [0, 0.1) is 5.82 Å². The number of urea groups is 1. The summed E-state index contributed by atoms with van der Waals surface area (Å²) in [6, 6.07) is 13.0. The number of hydrogen-bond acceptors (Lipinski definition) is 3. The lowest BCUT2D eigenvalue weighted by Crippen LogP contribution is -2.52. The number of nitrogens with one attached hydrogen (secondary N) is 1. The number of para-hydroxylation sites is 1. The average Bonchev–Trinajstić information content (AvgIpc) is 2.74. The van der Waals surface area contributed by atoms with E-state index in [0.717, 1.165) is 17.7 Å². The van der Waals surface area contributed by atoms with Crippen LogP contribution in [0.5, 0.6) is 5.75 Å². The molecule has 1 N–H and O–H groups in total. The number of ether oxygens (including phenoxy) is 1. The molecule has 6 nitrogen and oxygen atoms in total. The Morgan fingerprint density at radius 1 is 1.00 bits per heavy atom. The predicted octanol–water partition coefficient (Wildman–Crippen LogP) is 3.14. The van der Waals surface area contributed by atoms with E-state index in [4.69, 9.17) is 4.74 Å². The summed E-state index contributed by atoms with van der Waals surface area (Å²) in [4.78, 5) is 28.1. The maximum atomic E-state index is 12.9. The normalized spacial score (nSPS) is 13.9. The van der Waals surface area contributed by atoms with Gasteiger partial charge in [0.2, 0.25) is 0 Å². The molecule has 0 aromatic heterocycles. The number of amides is 3. The number of anilines is 1. The fraction of sp³-hybridized carbons (Fsp3) is 0.333. The highest BCUT2D eigenvalue weighted by Crippen LogP contribution is 2.18. The van der Waals surface area contributed by atoms with Gasteiger partial charge in [-0.1, -0.05) is 25.1 Å². The molecule has 3 rings (SSSR count). The number of hydrogen-bond donors (Lipinski definition) is 1. The molecule has 2 aromatic rings. The lowest BCUT2D eigenvalue weighted by molar-refractivity contribution is -0.134. The Bertz CT molecular complexity index is 818. The van der Waals surface area contributed by atoms with Crippen molar-refractivity contribution in [3.05, 3.63) is 59.9 Å². The van der Waals surface area contributed by atoms with E-state index in [9.17, 15) is 14.0 Å². The van der Waals surface area contributed by atoms with E-state index in [0.29, 0.717) is 31.9 Å². The van der Waals surface area contributed by atoms with Crippen molar-refractivity contribution in [2.45, 2.75) is 13.3 Å². The van der Waals surface area contributed by atoms with E-state index in [1.807, 2.05) is 31.2 Å². The Kier molecular flexibility index (Phi) is 6.47. The summed E-state index contributed by atoms with van der Waals surface area (Å²) < 4.78 is 18.6. The predicted molar refractivity (Wildman–Crippen MR) is 105 cm³/mol. The lowest BCUT2D eigenvalue weighted by Gasteiger charge is -2.34. The smallest absolute Gasteiger partial charge is 0.321 e. The minimum atomic E-state index is -0.353. The van der Waals surface area contributed by atoms with Gasteiger partial charge in [0.1, 0.15) is 11.6 Å². The zero-order chi connectivity index (χ0) is 19.9. The Hall–Kier alpha value is -3.09. The molecule has 0 radical (unpaired) electrons. The molecular weight excluding hydrogens is 361 g/mol. The van der Waals surface area contributed by atoms with Gasteiger partial charge in [-0.05, 0) is 42.3 Å². The molecule has 2 aromatic carbocycles. The van der Waals surface area contributed by atoms with E-state index in [1.54, 1.807) is 9.80 Å². The maximum Gasteiger partial charge on any atom is 0.321 e. The van der Waals surface area contributed by atoms with Crippen molar-refractivity contribution in [2.24, 2.45) is 0 Å².